The van der Waals surface area contributed by atoms with Gasteiger partial charge in [-0.15, -0.1) is 0 Å². The smallest absolute Gasteiger partial charge is 0.275 e. The summed E-state index contributed by atoms with van der Waals surface area (Å²) in [4.78, 5) is 14.7. The molecule has 1 unspecified atom stereocenters. The molecule has 6 heteroatoms. The topological polar surface area (TPSA) is 53.9 Å². The molecule has 0 radical (unpaired) electrons. The number of fused-ring (bicyclic) bond motifs is 1. The Morgan fingerprint density at radius 3 is 2.80 bits per heavy atom. The van der Waals surface area contributed by atoms with Crippen LogP contribution in [0.3, 0.4) is 0 Å². The van der Waals surface area contributed by atoms with Crippen LogP contribution in [0.25, 0.3) is 0 Å². The predicted octanol–water partition coefficient (Wildman–Crippen LogP) is 5.10. The van der Waals surface area contributed by atoms with Crippen LogP contribution in [0.5, 0.6) is 5.75 Å². The number of hydrogen-bond donors (Lipinski definition) is 1. The van der Waals surface area contributed by atoms with Gasteiger partial charge in [-0.3, -0.25) is 4.79 Å². The molecule has 1 aliphatic heterocycles. The molecule has 1 aliphatic rings. The second-order valence-corrected chi connectivity index (χ2v) is 8.40. The summed E-state index contributed by atoms with van der Waals surface area (Å²) in [6.07, 6.45) is 3.35. The lowest BCUT2D eigenvalue weighted by atomic mass is 9.79. The van der Waals surface area contributed by atoms with Gasteiger partial charge in [0.05, 0.1) is 18.9 Å². The van der Waals surface area contributed by atoms with Gasteiger partial charge >= 0.3 is 0 Å². The molecule has 30 heavy (non-hydrogen) atoms. The zero-order chi connectivity index (χ0) is 21.9. The molecule has 0 aliphatic carbocycles. The van der Waals surface area contributed by atoms with Gasteiger partial charge in [-0.25, -0.2) is 9.82 Å². The van der Waals surface area contributed by atoms with Crippen molar-refractivity contribution in [1.29, 1.82) is 0 Å². The predicted molar refractivity (Wildman–Crippen MR) is 119 cm³/mol. The van der Waals surface area contributed by atoms with Crippen molar-refractivity contribution in [2.24, 2.45) is 5.10 Å². The Balaban J connectivity index is 1.84. The molecule has 0 fully saturated rings. The summed E-state index contributed by atoms with van der Waals surface area (Å²) in [6, 6.07) is 10.3. The van der Waals surface area contributed by atoms with Crippen LogP contribution in [-0.2, 0) is 0 Å². The highest BCUT2D eigenvalue weighted by Gasteiger charge is 2.36. The SMILES string of the molecule is CCCN1c2cc(F)c(/C=N\NC(=O)c3ccccc3OC)cc2C(C)CC1(C)C. The molecule has 160 valence electrons. The van der Waals surface area contributed by atoms with Gasteiger partial charge in [0.25, 0.3) is 5.91 Å². The van der Waals surface area contributed by atoms with Crippen LogP contribution in [0.15, 0.2) is 41.5 Å². The Morgan fingerprint density at radius 2 is 2.10 bits per heavy atom. The number of para-hydroxylation sites is 1. The minimum Gasteiger partial charge on any atom is -0.496 e. The number of carbonyl (C=O) groups is 1. The molecular formula is C24H30FN3O2. The van der Waals surface area contributed by atoms with E-state index in [0.29, 0.717) is 22.8 Å². The quantitative estimate of drug-likeness (QED) is 0.531. The summed E-state index contributed by atoms with van der Waals surface area (Å²) in [5, 5.41) is 3.98. The molecule has 1 atom stereocenters. The number of hydrogen-bond acceptors (Lipinski definition) is 4. The average molecular weight is 412 g/mol. The number of nitrogens with zero attached hydrogens (tertiary/aromatic N) is 2. The number of nitrogens with one attached hydrogen (secondary N) is 1. The lowest BCUT2D eigenvalue weighted by Gasteiger charge is -2.47. The van der Waals surface area contributed by atoms with Gasteiger partial charge in [0, 0.05) is 23.3 Å². The van der Waals surface area contributed by atoms with Crippen molar-refractivity contribution in [2.45, 2.75) is 52.0 Å². The van der Waals surface area contributed by atoms with Crippen molar-refractivity contribution in [2.75, 3.05) is 18.6 Å². The van der Waals surface area contributed by atoms with Gasteiger partial charge in [0.1, 0.15) is 11.6 Å². The standard InChI is InChI=1S/C24H30FN3O2/c1-6-11-28-21-13-20(25)17(12-19(21)16(2)14-24(28,3)4)15-26-27-23(29)18-9-7-8-10-22(18)30-5/h7-10,12-13,15-16H,6,11,14H2,1-5H3,(H,27,29)/b26-15-. The molecule has 0 saturated heterocycles. The lowest BCUT2D eigenvalue weighted by molar-refractivity contribution is 0.0952. The van der Waals surface area contributed by atoms with E-state index in [0.717, 1.165) is 30.6 Å². The van der Waals surface area contributed by atoms with Crippen LogP contribution < -0.4 is 15.1 Å². The highest BCUT2D eigenvalue weighted by Crippen LogP contribution is 2.44. The Kier molecular flexibility index (Phi) is 6.44. The summed E-state index contributed by atoms with van der Waals surface area (Å²) in [5.74, 6) is -0.00186. The van der Waals surface area contributed by atoms with Crippen molar-refractivity contribution < 1.29 is 13.9 Å². The summed E-state index contributed by atoms with van der Waals surface area (Å²) >= 11 is 0. The number of ether oxygens (including phenoxy) is 1. The zero-order valence-corrected chi connectivity index (χ0v) is 18.3. The minimum atomic E-state index is -0.411. The van der Waals surface area contributed by atoms with Gasteiger partial charge in [-0.1, -0.05) is 26.0 Å². The normalized spacial score (nSPS) is 17.7. The number of amides is 1. The fraction of sp³-hybridized carbons (Fsp3) is 0.417. The van der Waals surface area contributed by atoms with E-state index in [1.54, 1.807) is 30.3 Å². The Labute approximate surface area is 177 Å². The molecule has 2 aromatic rings. The number of anilines is 1. The molecule has 0 aromatic heterocycles. The molecule has 0 spiro atoms. The first-order chi connectivity index (χ1) is 14.3. The van der Waals surface area contributed by atoms with Crippen molar-refractivity contribution in [1.82, 2.24) is 5.43 Å². The van der Waals surface area contributed by atoms with E-state index in [-0.39, 0.29) is 11.4 Å². The van der Waals surface area contributed by atoms with Gasteiger partial charge in [-0.05, 0) is 62.4 Å². The highest BCUT2D eigenvalue weighted by atomic mass is 19.1. The van der Waals surface area contributed by atoms with E-state index in [9.17, 15) is 9.18 Å². The third kappa shape index (κ3) is 4.32. The maximum absolute atomic E-state index is 14.9. The molecule has 0 saturated carbocycles. The Bertz CT molecular complexity index is 955. The first-order valence-electron chi connectivity index (χ1n) is 10.4. The first kappa shape index (κ1) is 21.8. The second kappa shape index (κ2) is 8.86. The molecule has 0 bridgehead atoms. The van der Waals surface area contributed by atoms with Crippen molar-refractivity contribution >= 4 is 17.8 Å². The summed E-state index contributed by atoms with van der Waals surface area (Å²) < 4.78 is 20.1. The van der Waals surface area contributed by atoms with E-state index in [4.69, 9.17) is 4.74 Å². The third-order valence-corrected chi connectivity index (χ3v) is 5.67. The fourth-order valence-corrected chi connectivity index (χ4v) is 4.32. The van der Waals surface area contributed by atoms with Crippen molar-refractivity contribution in [3.05, 3.63) is 58.9 Å². The third-order valence-electron chi connectivity index (χ3n) is 5.67. The second-order valence-electron chi connectivity index (χ2n) is 8.40. The maximum atomic E-state index is 14.9. The van der Waals surface area contributed by atoms with Crippen LogP contribution in [0.2, 0.25) is 0 Å². The molecular weight excluding hydrogens is 381 g/mol. The van der Waals surface area contributed by atoms with Crippen LogP contribution in [0.1, 0.15) is 67.9 Å². The molecule has 1 N–H and O–H groups in total. The number of rotatable bonds is 6. The van der Waals surface area contributed by atoms with E-state index in [2.05, 4.69) is 43.1 Å². The summed E-state index contributed by atoms with van der Waals surface area (Å²) in [7, 11) is 1.50. The van der Waals surface area contributed by atoms with Crippen LogP contribution in [0.4, 0.5) is 10.1 Å². The Hall–Kier alpha value is -2.89. The Morgan fingerprint density at radius 1 is 1.37 bits per heavy atom. The minimum absolute atomic E-state index is 0.0206. The molecule has 5 nitrogen and oxygen atoms in total. The number of hydrazone groups is 1. The van der Waals surface area contributed by atoms with E-state index < -0.39 is 5.91 Å². The van der Waals surface area contributed by atoms with E-state index >= 15 is 0 Å². The van der Waals surface area contributed by atoms with Gasteiger partial charge in [0.2, 0.25) is 0 Å². The van der Waals surface area contributed by atoms with Gasteiger partial charge in [-0.2, -0.15) is 5.10 Å². The molecule has 3 rings (SSSR count). The number of methoxy groups -OCH3 is 1. The highest BCUT2D eigenvalue weighted by molar-refractivity contribution is 5.97. The average Bonchev–Trinajstić information content (AvgIpc) is 2.71. The monoisotopic (exact) mass is 411 g/mol. The van der Waals surface area contributed by atoms with Crippen LogP contribution in [-0.4, -0.2) is 31.3 Å². The number of carbonyl (C=O) groups excluding carboxylic acids is 1. The van der Waals surface area contributed by atoms with Crippen molar-refractivity contribution in [3.63, 3.8) is 0 Å². The van der Waals surface area contributed by atoms with Crippen molar-refractivity contribution in [3.8, 4) is 5.75 Å². The van der Waals surface area contributed by atoms with Crippen LogP contribution in [0, 0.1) is 5.82 Å². The summed E-state index contributed by atoms with van der Waals surface area (Å²) in [5.41, 5.74) is 5.23. The number of halogens is 1. The molecule has 1 heterocycles. The van der Waals surface area contributed by atoms with Gasteiger partial charge in [0.15, 0.2) is 0 Å². The fourth-order valence-electron chi connectivity index (χ4n) is 4.32. The van der Waals surface area contributed by atoms with E-state index in [1.807, 2.05) is 6.07 Å². The lowest BCUT2D eigenvalue weighted by Crippen LogP contribution is -2.48. The van der Waals surface area contributed by atoms with Crippen LogP contribution >= 0.6 is 0 Å². The maximum Gasteiger partial charge on any atom is 0.275 e. The molecule has 1 amide bonds. The number of benzene rings is 2. The van der Waals surface area contributed by atoms with Gasteiger partial charge < -0.3 is 9.64 Å². The largest absolute Gasteiger partial charge is 0.496 e. The molecule has 2 aromatic carbocycles. The zero-order valence-electron chi connectivity index (χ0n) is 18.3. The van der Waals surface area contributed by atoms with E-state index in [1.165, 1.54) is 13.3 Å². The first-order valence-corrected chi connectivity index (χ1v) is 10.4. The summed E-state index contributed by atoms with van der Waals surface area (Å²) in [6.45, 7) is 9.61.